The van der Waals surface area contributed by atoms with Crippen molar-refractivity contribution in [2.75, 3.05) is 13.7 Å². The molecule has 1 saturated carbocycles. The summed E-state index contributed by atoms with van der Waals surface area (Å²) in [6.45, 7) is 0.500. The van der Waals surface area contributed by atoms with E-state index in [-0.39, 0.29) is 12.0 Å². The molecule has 1 heterocycles. The highest BCUT2D eigenvalue weighted by Crippen LogP contribution is 2.42. The van der Waals surface area contributed by atoms with Crippen molar-refractivity contribution in [1.82, 2.24) is 5.32 Å². The van der Waals surface area contributed by atoms with Gasteiger partial charge in [0.05, 0.1) is 23.6 Å². The molecule has 2 fully saturated rings. The van der Waals surface area contributed by atoms with E-state index < -0.39 is 5.97 Å². The molecule has 0 radical (unpaired) electrons. The van der Waals surface area contributed by atoms with Crippen LogP contribution in [0, 0.1) is 5.92 Å². The lowest BCUT2D eigenvalue weighted by molar-refractivity contribution is -0.141. The van der Waals surface area contributed by atoms with Gasteiger partial charge in [0.15, 0.2) is 11.5 Å². The molecule has 0 bridgehead atoms. The number of benzene rings is 1. The lowest BCUT2D eigenvalue weighted by Crippen LogP contribution is -2.17. The molecule has 6 heteroatoms. The molecule has 2 N–H and O–H groups in total. The maximum Gasteiger partial charge on any atom is 0.307 e. The summed E-state index contributed by atoms with van der Waals surface area (Å²) in [6.07, 6.45) is 3.05. The number of carboxylic acids is 1. The SMILES string of the molecule is COc1cc(C2CC(C(=O)O)CN2)cc(Br)c1OC1CC1. The van der Waals surface area contributed by atoms with Crippen molar-refractivity contribution in [3.05, 3.63) is 22.2 Å². The molecule has 5 nitrogen and oxygen atoms in total. The maximum atomic E-state index is 11.1. The van der Waals surface area contributed by atoms with Gasteiger partial charge in [-0.3, -0.25) is 4.79 Å². The van der Waals surface area contributed by atoms with Crippen molar-refractivity contribution < 1.29 is 19.4 Å². The molecule has 0 spiro atoms. The third-order valence-corrected chi connectivity index (χ3v) is 4.53. The molecule has 1 aliphatic heterocycles. The summed E-state index contributed by atoms with van der Waals surface area (Å²) in [5, 5.41) is 12.3. The first kappa shape index (κ1) is 14.7. The highest BCUT2D eigenvalue weighted by molar-refractivity contribution is 9.10. The molecule has 0 amide bonds. The van der Waals surface area contributed by atoms with Gasteiger partial charge in [-0.1, -0.05) is 0 Å². The Labute approximate surface area is 131 Å². The number of ether oxygens (including phenoxy) is 2. The van der Waals surface area contributed by atoms with Gasteiger partial charge in [0.1, 0.15) is 0 Å². The molecule has 1 saturated heterocycles. The zero-order valence-electron chi connectivity index (χ0n) is 11.8. The fourth-order valence-electron chi connectivity index (χ4n) is 2.59. The first-order valence-electron chi connectivity index (χ1n) is 7.08. The highest BCUT2D eigenvalue weighted by atomic mass is 79.9. The fourth-order valence-corrected chi connectivity index (χ4v) is 3.14. The van der Waals surface area contributed by atoms with Gasteiger partial charge in [-0.15, -0.1) is 0 Å². The van der Waals surface area contributed by atoms with Crippen LogP contribution in [0.1, 0.15) is 30.9 Å². The van der Waals surface area contributed by atoms with Crippen LogP contribution < -0.4 is 14.8 Å². The second kappa shape index (κ2) is 5.85. The van der Waals surface area contributed by atoms with E-state index in [2.05, 4.69) is 21.2 Å². The van der Waals surface area contributed by atoms with E-state index in [4.69, 9.17) is 14.6 Å². The van der Waals surface area contributed by atoms with E-state index in [0.717, 1.165) is 28.6 Å². The first-order chi connectivity index (χ1) is 10.1. The number of aliphatic carboxylic acids is 1. The topological polar surface area (TPSA) is 67.8 Å². The van der Waals surface area contributed by atoms with Crippen LogP contribution in [-0.4, -0.2) is 30.8 Å². The quantitative estimate of drug-likeness (QED) is 0.849. The van der Waals surface area contributed by atoms with Crippen LogP contribution in [0.4, 0.5) is 0 Å². The van der Waals surface area contributed by atoms with Gasteiger partial charge >= 0.3 is 5.97 Å². The Morgan fingerprint density at radius 2 is 2.19 bits per heavy atom. The van der Waals surface area contributed by atoms with E-state index in [9.17, 15) is 4.79 Å². The molecular formula is C15H18BrNO4. The summed E-state index contributed by atoms with van der Waals surface area (Å²) >= 11 is 3.54. The first-order valence-corrected chi connectivity index (χ1v) is 7.88. The Morgan fingerprint density at radius 1 is 1.43 bits per heavy atom. The minimum atomic E-state index is -0.746. The van der Waals surface area contributed by atoms with Crippen LogP contribution in [0.2, 0.25) is 0 Å². The number of hydrogen-bond donors (Lipinski definition) is 2. The van der Waals surface area contributed by atoms with Crippen LogP contribution in [0.15, 0.2) is 16.6 Å². The number of carbonyl (C=O) groups is 1. The Morgan fingerprint density at radius 3 is 2.76 bits per heavy atom. The summed E-state index contributed by atoms with van der Waals surface area (Å²) in [4.78, 5) is 11.1. The largest absolute Gasteiger partial charge is 0.493 e. The average molecular weight is 356 g/mol. The number of hydrogen-bond acceptors (Lipinski definition) is 4. The molecule has 1 aromatic carbocycles. The normalized spacial score (nSPS) is 24.9. The number of nitrogens with one attached hydrogen (secondary N) is 1. The van der Waals surface area contributed by atoms with Crippen LogP contribution in [0.25, 0.3) is 0 Å². The molecule has 3 rings (SSSR count). The molecular weight excluding hydrogens is 338 g/mol. The molecule has 114 valence electrons. The zero-order chi connectivity index (χ0) is 15.0. The minimum Gasteiger partial charge on any atom is -0.493 e. The molecule has 0 aromatic heterocycles. The van der Waals surface area contributed by atoms with Crippen LogP contribution in [-0.2, 0) is 4.79 Å². The molecule has 1 aromatic rings. The molecule has 2 unspecified atom stereocenters. The number of rotatable bonds is 5. The Hall–Kier alpha value is -1.27. The predicted molar refractivity (Wildman–Crippen MR) is 80.8 cm³/mol. The van der Waals surface area contributed by atoms with Crippen molar-refractivity contribution in [3.8, 4) is 11.5 Å². The molecule has 21 heavy (non-hydrogen) atoms. The minimum absolute atomic E-state index is 0.0336. The van der Waals surface area contributed by atoms with E-state index in [1.165, 1.54) is 0 Å². The van der Waals surface area contributed by atoms with Crippen LogP contribution in [0.3, 0.4) is 0 Å². The third kappa shape index (κ3) is 3.16. The summed E-state index contributed by atoms with van der Waals surface area (Å²) in [6, 6.07) is 3.96. The predicted octanol–water partition coefficient (Wildman–Crippen LogP) is 2.73. The maximum absolute atomic E-state index is 11.1. The van der Waals surface area contributed by atoms with Crippen molar-refractivity contribution in [2.45, 2.75) is 31.4 Å². The summed E-state index contributed by atoms with van der Waals surface area (Å²) in [7, 11) is 1.62. The smallest absolute Gasteiger partial charge is 0.307 e. The highest BCUT2D eigenvalue weighted by Gasteiger charge is 2.32. The standard InChI is InChI=1S/C15H18BrNO4/c1-20-13-6-8(12-5-9(7-17-12)15(18)19)4-11(16)14(13)21-10-2-3-10/h4,6,9-10,12,17H,2-3,5,7H2,1H3,(H,18,19). The summed E-state index contributed by atoms with van der Waals surface area (Å²) in [5.41, 5.74) is 1.02. The van der Waals surface area contributed by atoms with E-state index >= 15 is 0 Å². The average Bonchev–Trinajstić information content (AvgIpc) is 3.13. The van der Waals surface area contributed by atoms with Gasteiger partial charge < -0.3 is 19.9 Å². The Kier molecular flexibility index (Phi) is 4.08. The second-order valence-corrected chi connectivity index (χ2v) is 6.44. The van der Waals surface area contributed by atoms with Crippen molar-refractivity contribution in [3.63, 3.8) is 0 Å². The molecule has 2 atom stereocenters. The van der Waals surface area contributed by atoms with Gasteiger partial charge in [0.2, 0.25) is 0 Å². The number of methoxy groups -OCH3 is 1. The number of carboxylic acid groups (broad SMARTS) is 1. The van der Waals surface area contributed by atoms with Gasteiger partial charge in [0, 0.05) is 12.6 Å². The van der Waals surface area contributed by atoms with Crippen molar-refractivity contribution in [2.24, 2.45) is 5.92 Å². The van der Waals surface area contributed by atoms with E-state index in [1.54, 1.807) is 7.11 Å². The Bertz CT molecular complexity index is 559. The van der Waals surface area contributed by atoms with Gasteiger partial charge in [-0.25, -0.2) is 0 Å². The van der Waals surface area contributed by atoms with E-state index in [0.29, 0.717) is 24.8 Å². The fraction of sp³-hybridized carbons (Fsp3) is 0.533. The lowest BCUT2D eigenvalue weighted by Gasteiger charge is -2.17. The number of halogens is 1. The Balaban J connectivity index is 1.83. The van der Waals surface area contributed by atoms with Gasteiger partial charge in [-0.2, -0.15) is 0 Å². The summed E-state index contributed by atoms with van der Waals surface area (Å²) in [5.74, 6) is 0.343. The van der Waals surface area contributed by atoms with E-state index in [1.807, 2.05) is 12.1 Å². The van der Waals surface area contributed by atoms with Gasteiger partial charge in [0.25, 0.3) is 0 Å². The van der Waals surface area contributed by atoms with Gasteiger partial charge in [-0.05, 0) is 52.9 Å². The molecule has 1 aliphatic carbocycles. The van der Waals surface area contributed by atoms with Crippen molar-refractivity contribution in [1.29, 1.82) is 0 Å². The summed E-state index contributed by atoms with van der Waals surface area (Å²) < 4.78 is 12.2. The zero-order valence-corrected chi connectivity index (χ0v) is 13.4. The molecule has 2 aliphatic rings. The van der Waals surface area contributed by atoms with Crippen LogP contribution in [0.5, 0.6) is 11.5 Å². The second-order valence-electron chi connectivity index (χ2n) is 5.58. The van der Waals surface area contributed by atoms with Crippen LogP contribution >= 0.6 is 15.9 Å². The van der Waals surface area contributed by atoms with Crippen molar-refractivity contribution >= 4 is 21.9 Å². The lowest BCUT2D eigenvalue weighted by atomic mass is 10.00. The monoisotopic (exact) mass is 355 g/mol. The third-order valence-electron chi connectivity index (χ3n) is 3.94.